The van der Waals surface area contributed by atoms with Crippen molar-refractivity contribution in [3.63, 3.8) is 0 Å². The maximum Gasteiger partial charge on any atom is 0.227 e. The van der Waals surface area contributed by atoms with Crippen LogP contribution in [0.2, 0.25) is 5.02 Å². The third-order valence-electron chi connectivity index (χ3n) is 4.57. The maximum absolute atomic E-state index is 12.5. The molecule has 1 unspecified atom stereocenters. The SMILES string of the molecule is Cc1cccc(CNC(=O)C2CC(=O)N(c3cccc(Cl)c3C)C2)c1. The van der Waals surface area contributed by atoms with Crippen molar-refractivity contribution >= 4 is 29.1 Å². The van der Waals surface area contributed by atoms with Gasteiger partial charge in [0.05, 0.1) is 5.92 Å². The van der Waals surface area contributed by atoms with Crippen LogP contribution in [0.5, 0.6) is 0 Å². The molecule has 0 aliphatic carbocycles. The molecule has 1 aliphatic heterocycles. The van der Waals surface area contributed by atoms with Gasteiger partial charge >= 0.3 is 0 Å². The average Bonchev–Trinajstić information content (AvgIpc) is 2.97. The number of benzene rings is 2. The Kier molecular flexibility index (Phi) is 5.09. The minimum atomic E-state index is -0.337. The molecule has 4 nitrogen and oxygen atoms in total. The Bertz CT molecular complexity index is 819. The van der Waals surface area contributed by atoms with Gasteiger partial charge in [0, 0.05) is 30.2 Å². The first-order valence-electron chi connectivity index (χ1n) is 8.34. The molecule has 5 heteroatoms. The van der Waals surface area contributed by atoms with Gasteiger partial charge in [0.15, 0.2) is 0 Å². The van der Waals surface area contributed by atoms with Crippen molar-refractivity contribution in [1.29, 1.82) is 0 Å². The van der Waals surface area contributed by atoms with Gasteiger partial charge in [-0.05, 0) is 37.1 Å². The lowest BCUT2D eigenvalue weighted by Gasteiger charge is -2.19. The Morgan fingerprint density at radius 2 is 2.00 bits per heavy atom. The Morgan fingerprint density at radius 3 is 2.76 bits per heavy atom. The van der Waals surface area contributed by atoms with Crippen LogP contribution in [0.15, 0.2) is 42.5 Å². The van der Waals surface area contributed by atoms with Gasteiger partial charge in [-0.25, -0.2) is 0 Å². The van der Waals surface area contributed by atoms with E-state index in [4.69, 9.17) is 11.6 Å². The van der Waals surface area contributed by atoms with Crippen molar-refractivity contribution in [3.05, 3.63) is 64.2 Å². The number of anilines is 1. The molecule has 1 heterocycles. The molecule has 1 fully saturated rings. The van der Waals surface area contributed by atoms with Gasteiger partial charge in [0.2, 0.25) is 11.8 Å². The monoisotopic (exact) mass is 356 g/mol. The second-order valence-electron chi connectivity index (χ2n) is 6.50. The van der Waals surface area contributed by atoms with Gasteiger partial charge in [0.25, 0.3) is 0 Å². The highest BCUT2D eigenvalue weighted by atomic mass is 35.5. The second kappa shape index (κ2) is 7.28. The highest BCUT2D eigenvalue weighted by molar-refractivity contribution is 6.31. The molecule has 130 valence electrons. The van der Waals surface area contributed by atoms with E-state index in [1.54, 1.807) is 11.0 Å². The summed E-state index contributed by atoms with van der Waals surface area (Å²) in [7, 11) is 0. The summed E-state index contributed by atoms with van der Waals surface area (Å²) in [6, 6.07) is 13.5. The van der Waals surface area contributed by atoms with Crippen LogP contribution < -0.4 is 10.2 Å². The maximum atomic E-state index is 12.5. The summed E-state index contributed by atoms with van der Waals surface area (Å²) in [5, 5.41) is 3.57. The Morgan fingerprint density at radius 1 is 1.24 bits per heavy atom. The number of halogens is 1. The molecule has 2 aromatic carbocycles. The summed E-state index contributed by atoms with van der Waals surface area (Å²) in [5.41, 5.74) is 3.86. The topological polar surface area (TPSA) is 49.4 Å². The van der Waals surface area contributed by atoms with Crippen molar-refractivity contribution in [1.82, 2.24) is 5.32 Å². The van der Waals surface area contributed by atoms with Crippen molar-refractivity contribution in [2.45, 2.75) is 26.8 Å². The molecule has 2 aromatic rings. The van der Waals surface area contributed by atoms with E-state index in [0.29, 0.717) is 18.1 Å². The van der Waals surface area contributed by atoms with Gasteiger partial charge in [-0.1, -0.05) is 47.5 Å². The van der Waals surface area contributed by atoms with Crippen LogP contribution in [-0.2, 0) is 16.1 Å². The summed E-state index contributed by atoms with van der Waals surface area (Å²) in [4.78, 5) is 26.5. The van der Waals surface area contributed by atoms with Crippen molar-refractivity contribution in [3.8, 4) is 0 Å². The number of aryl methyl sites for hydroxylation is 1. The average molecular weight is 357 g/mol. The zero-order chi connectivity index (χ0) is 18.0. The van der Waals surface area contributed by atoms with Crippen LogP contribution in [0.1, 0.15) is 23.1 Å². The molecular formula is C20H21ClN2O2. The summed E-state index contributed by atoms with van der Waals surface area (Å²) < 4.78 is 0. The van der Waals surface area contributed by atoms with E-state index >= 15 is 0 Å². The van der Waals surface area contributed by atoms with Gasteiger partial charge in [-0.3, -0.25) is 9.59 Å². The van der Waals surface area contributed by atoms with Crippen molar-refractivity contribution < 1.29 is 9.59 Å². The van der Waals surface area contributed by atoms with Crippen LogP contribution in [0.3, 0.4) is 0 Å². The number of rotatable bonds is 4. The van der Waals surface area contributed by atoms with Crippen LogP contribution >= 0.6 is 11.6 Å². The zero-order valence-corrected chi connectivity index (χ0v) is 15.1. The number of nitrogens with zero attached hydrogens (tertiary/aromatic N) is 1. The van der Waals surface area contributed by atoms with E-state index in [1.165, 1.54) is 0 Å². The van der Waals surface area contributed by atoms with Crippen LogP contribution in [0.25, 0.3) is 0 Å². The summed E-state index contributed by atoms with van der Waals surface area (Å²) in [6.07, 6.45) is 0.228. The minimum absolute atomic E-state index is 0.0407. The lowest BCUT2D eigenvalue weighted by molar-refractivity contribution is -0.126. The zero-order valence-electron chi connectivity index (χ0n) is 14.4. The Hall–Kier alpha value is -2.33. The van der Waals surface area contributed by atoms with E-state index in [9.17, 15) is 9.59 Å². The lowest BCUT2D eigenvalue weighted by Crippen LogP contribution is -2.32. The molecule has 0 bridgehead atoms. The summed E-state index contributed by atoms with van der Waals surface area (Å²) >= 11 is 6.15. The quantitative estimate of drug-likeness (QED) is 0.909. The van der Waals surface area contributed by atoms with Crippen molar-refractivity contribution in [2.24, 2.45) is 5.92 Å². The number of carbonyl (C=O) groups is 2. The molecule has 0 aromatic heterocycles. The van der Waals surface area contributed by atoms with E-state index in [2.05, 4.69) is 5.32 Å². The molecule has 25 heavy (non-hydrogen) atoms. The van der Waals surface area contributed by atoms with Gasteiger partial charge < -0.3 is 10.2 Å². The third kappa shape index (κ3) is 3.85. The van der Waals surface area contributed by atoms with Gasteiger partial charge in [-0.2, -0.15) is 0 Å². The fraction of sp³-hybridized carbons (Fsp3) is 0.300. The molecule has 1 N–H and O–H groups in total. The number of amides is 2. The van der Waals surface area contributed by atoms with E-state index in [-0.39, 0.29) is 24.2 Å². The molecule has 0 radical (unpaired) electrons. The fourth-order valence-corrected chi connectivity index (χ4v) is 3.33. The molecule has 0 saturated carbocycles. The highest BCUT2D eigenvalue weighted by Gasteiger charge is 2.35. The standard InChI is InChI=1S/C20H21ClN2O2/c1-13-5-3-6-15(9-13)11-22-20(25)16-10-19(24)23(12-16)18-8-4-7-17(21)14(18)2/h3-9,16H,10-12H2,1-2H3,(H,22,25). The molecule has 3 rings (SSSR count). The van der Waals surface area contributed by atoms with E-state index in [1.807, 2.05) is 50.2 Å². The van der Waals surface area contributed by atoms with Crippen LogP contribution in [0, 0.1) is 19.8 Å². The minimum Gasteiger partial charge on any atom is -0.352 e. The Labute approximate surface area is 152 Å². The largest absolute Gasteiger partial charge is 0.352 e. The van der Waals surface area contributed by atoms with Crippen LogP contribution in [-0.4, -0.2) is 18.4 Å². The smallest absolute Gasteiger partial charge is 0.227 e. The molecule has 2 amide bonds. The fourth-order valence-electron chi connectivity index (χ4n) is 3.16. The number of carbonyl (C=O) groups excluding carboxylic acids is 2. The van der Waals surface area contributed by atoms with Gasteiger partial charge in [0.1, 0.15) is 0 Å². The lowest BCUT2D eigenvalue weighted by atomic mass is 10.1. The summed E-state index contributed by atoms with van der Waals surface area (Å²) in [6.45, 7) is 4.77. The molecule has 1 saturated heterocycles. The van der Waals surface area contributed by atoms with Crippen molar-refractivity contribution in [2.75, 3.05) is 11.4 Å². The predicted molar refractivity (Wildman–Crippen MR) is 99.7 cm³/mol. The third-order valence-corrected chi connectivity index (χ3v) is 4.98. The van der Waals surface area contributed by atoms with Gasteiger partial charge in [-0.15, -0.1) is 0 Å². The van der Waals surface area contributed by atoms with E-state index < -0.39 is 0 Å². The molecular weight excluding hydrogens is 336 g/mol. The normalized spacial score (nSPS) is 17.0. The predicted octanol–water partition coefficient (Wildman–Crippen LogP) is 3.63. The molecule has 0 spiro atoms. The first-order chi connectivity index (χ1) is 12.0. The highest BCUT2D eigenvalue weighted by Crippen LogP contribution is 2.31. The Balaban J connectivity index is 1.65. The summed E-state index contributed by atoms with van der Waals surface area (Å²) in [5.74, 6) is -0.464. The molecule has 1 atom stereocenters. The second-order valence-corrected chi connectivity index (χ2v) is 6.90. The number of hydrogen-bond donors (Lipinski definition) is 1. The number of hydrogen-bond acceptors (Lipinski definition) is 2. The van der Waals surface area contributed by atoms with Crippen LogP contribution in [0.4, 0.5) is 5.69 Å². The first-order valence-corrected chi connectivity index (χ1v) is 8.72. The number of nitrogens with one attached hydrogen (secondary N) is 1. The first kappa shape index (κ1) is 17.5. The van der Waals surface area contributed by atoms with E-state index in [0.717, 1.165) is 22.4 Å². The molecule has 1 aliphatic rings.